The third-order valence-electron chi connectivity index (χ3n) is 3.27. The molecule has 0 amide bonds. The van der Waals surface area contributed by atoms with Gasteiger partial charge in [0.1, 0.15) is 0 Å². The van der Waals surface area contributed by atoms with Gasteiger partial charge in [0.15, 0.2) is 5.79 Å². The molecule has 102 valence electrons. The van der Waals surface area contributed by atoms with E-state index in [1.807, 2.05) is 0 Å². The summed E-state index contributed by atoms with van der Waals surface area (Å²) in [6.45, 7) is -1.92. The molecular weight excluding hydrogens is 236 g/mol. The van der Waals surface area contributed by atoms with Crippen LogP contribution in [0.3, 0.4) is 0 Å². The highest BCUT2D eigenvalue weighted by atomic mass is 16.5. The first kappa shape index (κ1) is 14.7. The molecule has 1 aliphatic rings. The fourth-order valence-electron chi connectivity index (χ4n) is 2.31. The predicted octanol–water partition coefficient (Wildman–Crippen LogP) is -4.66. The Labute approximate surface area is 97.0 Å². The second-order valence-electron chi connectivity index (χ2n) is 4.36. The molecule has 0 heterocycles. The molecule has 0 bridgehead atoms. The quantitative estimate of drug-likeness (QED) is 0.232. The van der Waals surface area contributed by atoms with E-state index in [-0.39, 0.29) is 0 Å². The molecule has 0 aromatic rings. The van der Waals surface area contributed by atoms with Crippen LogP contribution >= 0.6 is 0 Å². The summed E-state index contributed by atoms with van der Waals surface area (Å²) < 4.78 is 0. The molecule has 0 aromatic heterocycles. The van der Waals surface area contributed by atoms with E-state index in [0.717, 1.165) is 0 Å². The topological polar surface area (TPSA) is 162 Å². The SMILES string of the molecule is OC[C@@H](O)C1C(O)C(C(O)(O)CO)C(O)[C@@H]1O. The van der Waals surface area contributed by atoms with Gasteiger partial charge in [0.25, 0.3) is 0 Å². The van der Waals surface area contributed by atoms with Crippen LogP contribution in [0.4, 0.5) is 0 Å². The predicted molar refractivity (Wildman–Crippen MR) is 52.3 cm³/mol. The Balaban J connectivity index is 2.97. The lowest BCUT2D eigenvalue weighted by Crippen LogP contribution is -2.50. The van der Waals surface area contributed by atoms with Crippen LogP contribution in [0.5, 0.6) is 0 Å². The van der Waals surface area contributed by atoms with Crippen molar-refractivity contribution in [3.8, 4) is 0 Å². The molecule has 1 saturated carbocycles. The van der Waals surface area contributed by atoms with Crippen LogP contribution in [0.25, 0.3) is 0 Å². The first-order valence-electron chi connectivity index (χ1n) is 5.16. The average Bonchev–Trinajstić information content (AvgIpc) is 2.50. The van der Waals surface area contributed by atoms with Gasteiger partial charge in [-0.3, -0.25) is 0 Å². The molecule has 0 saturated heterocycles. The molecule has 1 fully saturated rings. The van der Waals surface area contributed by atoms with Crippen LogP contribution in [-0.2, 0) is 0 Å². The Morgan fingerprint density at radius 3 is 1.88 bits per heavy atom. The summed E-state index contributed by atoms with van der Waals surface area (Å²) in [5.74, 6) is -5.76. The second kappa shape index (κ2) is 5.12. The Morgan fingerprint density at radius 2 is 1.47 bits per heavy atom. The normalized spacial score (nSPS) is 40.6. The highest BCUT2D eigenvalue weighted by Crippen LogP contribution is 2.39. The van der Waals surface area contributed by atoms with Gasteiger partial charge in [-0.25, -0.2) is 0 Å². The van der Waals surface area contributed by atoms with Gasteiger partial charge < -0.3 is 40.9 Å². The van der Waals surface area contributed by atoms with Gasteiger partial charge in [-0.1, -0.05) is 0 Å². The minimum absolute atomic E-state index is 0.763. The van der Waals surface area contributed by atoms with Crippen molar-refractivity contribution in [2.75, 3.05) is 13.2 Å². The van der Waals surface area contributed by atoms with E-state index in [0.29, 0.717) is 0 Å². The van der Waals surface area contributed by atoms with E-state index in [2.05, 4.69) is 0 Å². The molecule has 17 heavy (non-hydrogen) atoms. The van der Waals surface area contributed by atoms with Crippen molar-refractivity contribution >= 4 is 0 Å². The average molecular weight is 254 g/mol. The van der Waals surface area contributed by atoms with Crippen molar-refractivity contribution in [1.82, 2.24) is 0 Å². The molecule has 8 heteroatoms. The van der Waals surface area contributed by atoms with E-state index in [9.17, 15) is 30.6 Å². The zero-order chi connectivity index (χ0) is 13.4. The molecule has 0 spiro atoms. The summed E-state index contributed by atoms with van der Waals surface area (Å²) in [4.78, 5) is 0. The third kappa shape index (κ3) is 2.44. The molecule has 0 radical (unpaired) electrons. The maximum absolute atomic E-state index is 9.74. The number of hydrogen-bond donors (Lipinski definition) is 8. The van der Waals surface area contributed by atoms with Crippen LogP contribution in [0.1, 0.15) is 0 Å². The van der Waals surface area contributed by atoms with Crippen molar-refractivity contribution in [3.05, 3.63) is 0 Å². The molecule has 1 rings (SSSR count). The smallest absolute Gasteiger partial charge is 0.194 e. The standard InChI is InChI=1S/C9H18O8/c10-1-3(12)4-6(13)5(8(15)7(4)14)9(16,17)2-11/h3-8,10-17H,1-2H2/t3-,4?,5?,6?,7-,8?/m1/s1. The van der Waals surface area contributed by atoms with Gasteiger partial charge in [0.2, 0.25) is 0 Å². The van der Waals surface area contributed by atoms with Crippen molar-refractivity contribution in [1.29, 1.82) is 0 Å². The second-order valence-corrected chi connectivity index (χ2v) is 4.36. The summed E-state index contributed by atoms with van der Waals surface area (Å²) in [7, 11) is 0. The van der Waals surface area contributed by atoms with E-state index in [1.54, 1.807) is 0 Å². The minimum Gasteiger partial charge on any atom is -0.394 e. The van der Waals surface area contributed by atoms with Crippen molar-refractivity contribution < 1.29 is 40.9 Å². The van der Waals surface area contributed by atoms with E-state index >= 15 is 0 Å². The molecular formula is C9H18O8. The Hall–Kier alpha value is -0.320. The lowest BCUT2D eigenvalue weighted by molar-refractivity contribution is -0.254. The monoisotopic (exact) mass is 254 g/mol. The van der Waals surface area contributed by atoms with E-state index in [1.165, 1.54) is 0 Å². The lowest BCUT2D eigenvalue weighted by Gasteiger charge is -2.31. The summed E-state index contributed by atoms with van der Waals surface area (Å²) in [5, 5.41) is 74.5. The Kier molecular flexibility index (Phi) is 4.44. The van der Waals surface area contributed by atoms with Crippen LogP contribution in [0.2, 0.25) is 0 Å². The molecule has 6 atom stereocenters. The highest BCUT2D eigenvalue weighted by Gasteiger charge is 2.58. The molecule has 0 aliphatic heterocycles. The molecule has 1 aliphatic carbocycles. The molecule has 8 nitrogen and oxygen atoms in total. The number of hydrogen-bond acceptors (Lipinski definition) is 8. The van der Waals surface area contributed by atoms with Gasteiger partial charge in [0.05, 0.1) is 43.5 Å². The summed E-state index contributed by atoms with van der Waals surface area (Å²) in [5.41, 5.74) is 0. The van der Waals surface area contributed by atoms with Crippen molar-refractivity contribution in [2.24, 2.45) is 11.8 Å². The first-order chi connectivity index (χ1) is 7.77. The van der Waals surface area contributed by atoms with Crippen molar-refractivity contribution in [2.45, 2.75) is 30.2 Å². The number of aliphatic hydroxyl groups is 8. The molecule has 8 N–H and O–H groups in total. The van der Waals surface area contributed by atoms with Crippen LogP contribution in [0, 0.1) is 11.8 Å². The zero-order valence-corrected chi connectivity index (χ0v) is 8.96. The van der Waals surface area contributed by atoms with Crippen LogP contribution in [0.15, 0.2) is 0 Å². The van der Waals surface area contributed by atoms with Crippen LogP contribution in [-0.4, -0.2) is 84.3 Å². The largest absolute Gasteiger partial charge is 0.394 e. The van der Waals surface area contributed by atoms with Gasteiger partial charge in [-0.2, -0.15) is 0 Å². The molecule has 4 unspecified atom stereocenters. The summed E-state index contributed by atoms with van der Waals surface area (Å²) in [6, 6.07) is 0. The fraction of sp³-hybridized carbons (Fsp3) is 1.00. The van der Waals surface area contributed by atoms with E-state index < -0.39 is 55.3 Å². The van der Waals surface area contributed by atoms with E-state index in [4.69, 9.17) is 10.2 Å². The maximum atomic E-state index is 9.74. The van der Waals surface area contributed by atoms with Gasteiger partial charge in [-0.15, -0.1) is 0 Å². The maximum Gasteiger partial charge on any atom is 0.194 e. The van der Waals surface area contributed by atoms with Crippen molar-refractivity contribution in [3.63, 3.8) is 0 Å². The lowest BCUT2D eigenvalue weighted by atomic mass is 9.90. The minimum atomic E-state index is -2.79. The van der Waals surface area contributed by atoms with Gasteiger partial charge in [-0.05, 0) is 0 Å². The van der Waals surface area contributed by atoms with Gasteiger partial charge in [0, 0.05) is 5.92 Å². The Bertz CT molecular complexity index is 257. The molecule has 0 aromatic carbocycles. The third-order valence-corrected chi connectivity index (χ3v) is 3.27. The number of aliphatic hydroxyl groups excluding tert-OH is 6. The Morgan fingerprint density at radius 1 is 0.941 bits per heavy atom. The summed E-state index contributed by atoms with van der Waals surface area (Å²) >= 11 is 0. The summed E-state index contributed by atoms with van der Waals surface area (Å²) in [6.07, 6.45) is -6.57. The highest BCUT2D eigenvalue weighted by molar-refractivity contribution is 5.04. The van der Waals surface area contributed by atoms with Crippen LogP contribution < -0.4 is 0 Å². The zero-order valence-electron chi connectivity index (χ0n) is 8.96. The fourth-order valence-corrected chi connectivity index (χ4v) is 2.31. The van der Waals surface area contributed by atoms with Gasteiger partial charge >= 0.3 is 0 Å². The first-order valence-corrected chi connectivity index (χ1v) is 5.16. The number of rotatable bonds is 4.